The lowest BCUT2D eigenvalue weighted by molar-refractivity contribution is 0.0702. The Hall–Kier alpha value is -1.78. The number of rotatable bonds is 3. The van der Waals surface area contributed by atoms with E-state index in [1.54, 1.807) is 6.07 Å². The molecule has 2 heterocycles. The second-order valence-electron chi connectivity index (χ2n) is 4.61. The molecule has 0 spiro atoms. The Labute approximate surface area is 125 Å². The molecule has 0 atom stereocenters. The highest BCUT2D eigenvalue weighted by molar-refractivity contribution is 7.14. The molecule has 0 aliphatic rings. The van der Waals surface area contributed by atoms with Gasteiger partial charge in [0, 0.05) is 33.5 Å². The summed E-state index contributed by atoms with van der Waals surface area (Å²) in [6.45, 7) is 2.60. The van der Waals surface area contributed by atoms with Crippen LogP contribution in [-0.2, 0) is 6.54 Å². The van der Waals surface area contributed by atoms with Crippen LogP contribution in [0.4, 0.5) is 0 Å². The third-order valence-electron chi connectivity index (χ3n) is 3.33. The molecule has 3 nitrogen and oxygen atoms in total. The minimum atomic E-state index is -0.871. The number of aromatic carboxylic acids is 1. The molecule has 0 fully saturated rings. The SMILES string of the molecule is Cc1sc(C(=O)O)cc1Cn1ccc2c(Cl)cccc21. The number of fused-ring (bicyclic) bond motifs is 1. The van der Waals surface area contributed by atoms with E-state index in [9.17, 15) is 4.79 Å². The van der Waals surface area contributed by atoms with Crippen LogP contribution in [0.2, 0.25) is 5.02 Å². The minimum absolute atomic E-state index is 0.381. The Morgan fingerprint density at radius 1 is 1.40 bits per heavy atom. The first-order chi connectivity index (χ1) is 9.56. The van der Waals surface area contributed by atoms with E-state index in [2.05, 4.69) is 4.57 Å². The summed E-state index contributed by atoms with van der Waals surface area (Å²) in [5.41, 5.74) is 2.09. The standard InChI is InChI=1S/C15H12ClNO2S/c1-9-10(7-14(20-9)15(18)19)8-17-6-5-11-12(16)3-2-4-13(11)17/h2-7H,8H2,1H3,(H,18,19). The number of carbonyl (C=O) groups is 1. The maximum Gasteiger partial charge on any atom is 0.345 e. The zero-order chi connectivity index (χ0) is 14.3. The smallest absolute Gasteiger partial charge is 0.345 e. The number of thiophene rings is 1. The molecule has 2 aromatic heterocycles. The molecular weight excluding hydrogens is 294 g/mol. The van der Waals surface area contributed by atoms with Crippen LogP contribution in [-0.4, -0.2) is 15.6 Å². The Morgan fingerprint density at radius 3 is 2.90 bits per heavy atom. The highest BCUT2D eigenvalue weighted by atomic mass is 35.5. The van der Waals surface area contributed by atoms with E-state index in [4.69, 9.17) is 16.7 Å². The molecule has 0 bridgehead atoms. The van der Waals surface area contributed by atoms with Crippen molar-refractivity contribution in [2.45, 2.75) is 13.5 Å². The molecule has 0 saturated heterocycles. The molecule has 20 heavy (non-hydrogen) atoms. The van der Waals surface area contributed by atoms with Crippen LogP contribution in [0.15, 0.2) is 36.5 Å². The van der Waals surface area contributed by atoms with Crippen molar-refractivity contribution < 1.29 is 9.90 Å². The predicted molar refractivity (Wildman–Crippen MR) is 82.1 cm³/mol. The van der Waals surface area contributed by atoms with Gasteiger partial charge in [0.2, 0.25) is 0 Å². The van der Waals surface area contributed by atoms with Gasteiger partial charge in [-0.2, -0.15) is 0 Å². The fourth-order valence-corrected chi connectivity index (χ4v) is 3.39. The Morgan fingerprint density at radius 2 is 2.20 bits per heavy atom. The summed E-state index contributed by atoms with van der Waals surface area (Å²) in [5, 5.41) is 10.8. The quantitative estimate of drug-likeness (QED) is 0.778. The molecule has 1 N–H and O–H groups in total. The van der Waals surface area contributed by atoms with Crippen LogP contribution in [0, 0.1) is 6.92 Å². The first-order valence-electron chi connectivity index (χ1n) is 6.12. The Bertz CT molecular complexity index is 803. The molecule has 5 heteroatoms. The molecule has 1 aromatic carbocycles. The maximum atomic E-state index is 11.0. The van der Waals surface area contributed by atoms with Gasteiger partial charge in [-0.25, -0.2) is 4.79 Å². The van der Waals surface area contributed by atoms with Crippen molar-refractivity contribution in [3.63, 3.8) is 0 Å². The van der Waals surface area contributed by atoms with Crippen LogP contribution in [0.1, 0.15) is 20.1 Å². The summed E-state index contributed by atoms with van der Waals surface area (Å²) in [6, 6.07) is 9.54. The van der Waals surface area contributed by atoms with Crippen molar-refractivity contribution in [1.82, 2.24) is 4.57 Å². The van der Waals surface area contributed by atoms with Gasteiger partial charge in [-0.15, -0.1) is 11.3 Å². The van der Waals surface area contributed by atoms with E-state index in [1.165, 1.54) is 11.3 Å². The van der Waals surface area contributed by atoms with E-state index in [1.807, 2.05) is 37.4 Å². The lowest BCUT2D eigenvalue weighted by Crippen LogP contribution is -1.98. The second-order valence-corrected chi connectivity index (χ2v) is 6.28. The van der Waals surface area contributed by atoms with Crippen molar-refractivity contribution in [1.29, 1.82) is 0 Å². The van der Waals surface area contributed by atoms with Gasteiger partial charge in [0.25, 0.3) is 0 Å². The Balaban J connectivity index is 2.01. The number of halogens is 1. The first-order valence-corrected chi connectivity index (χ1v) is 7.31. The van der Waals surface area contributed by atoms with Gasteiger partial charge < -0.3 is 9.67 Å². The summed E-state index contributed by atoms with van der Waals surface area (Å²) >= 11 is 7.48. The average Bonchev–Trinajstić information content (AvgIpc) is 2.97. The van der Waals surface area contributed by atoms with Gasteiger partial charge in [0.1, 0.15) is 4.88 Å². The molecule has 3 aromatic rings. The van der Waals surface area contributed by atoms with Gasteiger partial charge in [-0.05, 0) is 36.8 Å². The highest BCUT2D eigenvalue weighted by Gasteiger charge is 2.12. The topological polar surface area (TPSA) is 42.2 Å². The number of nitrogens with zero attached hydrogens (tertiary/aromatic N) is 1. The summed E-state index contributed by atoms with van der Waals surface area (Å²) in [4.78, 5) is 12.4. The number of carboxylic acid groups (broad SMARTS) is 1. The summed E-state index contributed by atoms with van der Waals surface area (Å²) in [7, 11) is 0. The minimum Gasteiger partial charge on any atom is -0.477 e. The molecule has 3 rings (SSSR count). The van der Waals surface area contributed by atoms with Crippen molar-refractivity contribution in [3.8, 4) is 0 Å². The highest BCUT2D eigenvalue weighted by Crippen LogP contribution is 2.27. The largest absolute Gasteiger partial charge is 0.477 e. The molecule has 102 valence electrons. The number of aromatic nitrogens is 1. The molecule has 0 aliphatic carbocycles. The van der Waals surface area contributed by atoms with E-state index < -0.39 is 5.97 Å². The third-order valence-corrected chi connectivity index (χ3v) is 4.74. The van der Waals surface area contributed by atoms with E-state index in [-0.39, 0.29) is 0 Å². The average molecular weight is 306 g/mol. The van der Waals surface area contributed by atoms with E-state index in [0.29, 0.717) is 11.4 Å². The van der Waals surface area contributed by atoms with Crippen molar-refractivity contribution in [3.05, 3.63) is 56.9 Å². The number of aryl methyl sites for hydroxylation is 1. The number of carboxylic acids is 1. The van der Waals surface area contributed by atoms with Gasteiger partial charge in [-0.3, -0.25) is 0 Å². The summed E-state index contributed by atoms with van der Waals surface area (Å²) < 4.78 is 2.09. The van der Waals surface area contributed by atoms with Gasteiger partial charge in [-0.1, -0.05) is 17.7 Å². The number of hydrogen-bond donors (Lipinski definition) is 1. The van der Waals surface area contributed by atoms with Crippen molar-refractivity contribution >= 4 is 39.8 Å². The first kappa shape index (κ1) is 13.2. The fraction of sp³-hybridized carbons (Fsp3) is 0.133. The monoisotopic (exact) mass is 305 g/mol. The molecule has 0 amide bonds. The summed E-state index contributed by atoms with van der Waals surface area (Å²) in [5.74, 6) is -0.871. The Kier molecular flexibility index (Phi) is 3.28. The zero-order valence-electron chi connectivity index (χ0n) is 10.8. The number of hydrogen-bond acceptors (Lipinski definition) is 2. The van der Waals surface area contributed by atoms with Gasteiger partial charge in [0.15, 0.2) is 0 Å². The summed E-state index contributed by atoms with van der Waals surface area (Å²) in [6.07, 6.45) is 1.98. The lowest BCUT2D eigenvalue weighted by atomic mass is 10.2. The third kappa shape index (κ3) is 2.21. The van der Waals surface area contributed by atoms with Crippen LogP contribution in [0.25, 0.3) is 10.9 Å². The molecule has 0 unspecified atom stereocenters. The van der Waals surface area contributed by atoms with Crippen molar-refractivity contribution in [2.75, 3.05) is 0 Å². The fourth-order valence-electron chi connectivity index (χ4n) is 2.29. The van der Waals surface area contributed by atoms with Crippen LogP contribution in [0.3, 0.4) is 0 Å². The zero-order valence-corrected chi connectivity index (χ0v) is 12.3. The van der Waals surface area contributed by atoms with Crippen LogP contribution < -0.4 is 0 Å². The maximum absolute atomic E-state index is 11.0. The van der Waals surface area contributed by atoms with E-state index in [0.717, 1.165) is 26.4 Å². The second kappa shape index (κ2) is 4.96. The van der Waals surface area contributed by atoms with Crippen LogP contribution >= 0.6 is 22.9 Å². The lowest BCUT2D eigenvalue weighted by Gasteiger charge is -2.05. The van der Waals surface area contributed by atoms with Gasteiger partial charge in [0.05, 0.1) is 0 Å². The number of benzene rings is 1. The normalized spacial score (nSPS) is 11.1. The predicted octanol–water partition coefficient (Wildman–Crippen LogP) is 4.41. The van der Waals surface area contributed by atoms with Crippen LogP contribution in [0.5, 0.6) is 0 Å². The molecule has 0 aliphatic heterocycles. The molecular formula is C15H12ClNO2S. The van der Waals surface area contributed by atoms with Crippen molar-refractivity contribution in [2.24, 2.45) is 0 Å². The van der Waals surface area contributed by atoms with Gasteiger partial charge >= 0.3 is 5.97 Å². The molecule has 0 saturated carbocycles. The molecule has 0 radical (unpaired) electrons. The van der Waals surface area contributed by atoms with E-state index >= 15 is 0 Å².